The number of hydrogen-bond donors (Lipinski definition) is 1. The minimum absolute atomic E-state index is 0.367. The molecular weight excluding hydrogens is 260 g/mol. The Morgan fingerprint density at radius 3 is 2.62 bits per heavy atom. The van der Waals surface area contributed by atoms with Crippen molar-refractivity contribution in [2.24, 2.45) is 5.73 Å². The predicted octanol–water partition coefficient (Wildman–Crippen LogP) is 3.06. The first-order valence-corrected chi connectivity index (χ1v) is 8.47. The summed E-state index contributed by atoms with van der Waals surface area (Å²) in [6, 6.07) is 9.49. The summed E-state index contributed by atoms with van der Waals surface area (Å²) in [5, 5.41) is 0. The van der Waals surface area contributed by atoms with Gasteiger partial charge in [0.25, 0.3) is 0 Å². The highest BCUT2D eigenvalue weighted by Crippen LogP contribution is 2.41. The van der Waals surface area contributed by atoms with E-state index in [2.05, 4.69) is 36.1 Å². The maximum atomic E-state index is 6.10. The van der Waals surface area contributed by atoms with Gasteiger partial charge in [-0.05, 0) is 49.7 Å². The number of piperidine rings is 1. The van der Waals surface area contributed by atoms with Crippen LogP contribution in [0.15, 0.2) is 24.3 Å². The summed E-state index contributed by atoms with van der Waals surface area (Å²) >= 11 is 0. The molecule has 116 valence electrons. The van der Waals surface area contributed by atoms with Crippen molar-refractivity contribution in [2.45, 2.75) is 50.7 Å². The van der Waals surface area contributed by atoms with Crippen LogP contribution in [0, 0.1) is 0 Å². The zero-order valence-corrected chi connectivity index (χ0v) is 13.1. The minimum Gasteiger partial charge on any atom is -0.378 e. The second-order valence-electron chi connectivity index (χ2n) is 6.39. The smallest absolute Gasteiger partial charge is 0.0599 e. The van der Waals surface area contributed by atoms with E-state index in [0.717, 1.165) is 38.5 Å². The van der Waals surface area contributed by atoms with Gasteiger partial charge in [0.05, 0.1) is 6.10 Å². The first-order chi connectivity index (χ1) is 10.3. The van der Waals surface area contributed by atoms with Gasteiger partial charge < -0.3 is 10.5 Å². The van der Waals surface area contributed by atoms with E-state index in [0.29, 0.717) is 18.7 Å². The van der Waals surface area contributed by atoms with Gasteiger partial charge in [-0.2, -0.15) is 0 Å². The summed E-state index contributed by atoms with van der Waals surface area (Å²) in [4.78, 5) is 2.54. The zero-order chi connectivity index (χ0) is 14.7. The van der Waals surface area contributed by atoms with Gasteiger partial charge in [-0.15, -0.1) is 0 Å². The van der Waals surface area contributed by atoms with Crippen molar-refractivity contribution >= 4 is 0 Å². The SMILES string of the molecule is CCOC1CCN(C(CN)c2cccc(C3CC3)c2)CC1. The van der Waals surface area contributed by atoms with Gasteiger partial charge in [0.1, 0.15) is 0 Å². The summed E-state index contributed by atoms with van der Waals surface area (Å²) in [7, 11) is 0. The summed E-state index contributed by atoms with van der Waals surface area (Å²) in [6.45, 7) is 5.81. The molecule has 1 aromatic carbocycles. The Morgan fingerprint density at radius 2 is 2.00 bits per heavy atom. The lowest BCUT2D eigenvalue weighted by molar-refractivity contribution is 0.00451. The normalized spacial score (nSPS) is 22.4. The summed E-state index contributed by atoms with van der Waals surface area (Å²) < 4.78 is 5.75. The van der Waals surface area contributed by atoms with Crippen LogP contribution in [0.1, 0.15) is 55.7 Å². The molecule has 1 aliphatic heterocycles. The fourth-order valence-electron chi connectivity index (χ4n) is 3.52. The molecule has 0 aromatic heterocycles. The number of ether oxygens (including phenoxy) is 1. The molecule has 2 fully saturated rings. The Balaban J connectivity index is 1.66. The third-order valence-electron chi connectivity index (χ3n) is 4.89. The van der Waals surface area contributed by atoms with E-state index in [1.165, 1.54) is 24.0 Å². The molecule has 2 aliphatic rings. The summed E-state index contributed by atoms with van der Waals surface area (Å²) in [6.07, 6.45) is 5.43. The van der Waals surface area contributed by atoms with Crippen molar-refractivity contribution in [1.82, 2.24) is 4.90 Å². The zero-order valence-electron chi connectivity index (χ0n) is 13.1. The van der Waals surface area contributed by atoms with E-state index < -0.39 is 0 Å². The Kier molecular flexibility index (Phi) is 4.94. The molecule has 1 saturated carbocycles. The van der Waals surface area contributed by atoms with Gasteiger partial charge >= 0.3 is 0 Å². The minimum atomic E-state index is 0.367. The molecule has 3 rings (SSSR count). The van der Waals surface area contributed by atoms with Crippen LogP contribution in [-0.2, 0) is 4.74 Å². The van der Waals surface area contributed by atoms with Crippen molar-refractivity contribution in [3.8, 4) is 0 Å². The quantitative estimate of drug-likeness (QED) is 0.874. The highest BCUT2D eigenvalue weighted by atomic mass is 16.5. The lowest BCUT2D eigenvalue weighted by atomic mass is 9.98. The van der Waals surface area contributed by atoms with Crippen LogP contribution in [0.2, 0.25) is 0 Å². The third-order valence-corrected chi connectivity index (χ3v) is 4.89. The first kappa shape index (κ1) is 15.0. The number of hydrogen-bond acceptors (Lipinski definition) is 3. The van der Waals surface area contributed by atoms with Crippen molar-refractivity contribution in [3.63, 3.8) is 0 Å². The predicted molar refractivity (Wildman–Crippen MR) is 86.4 cm³/mol. The van der Waals surface area contributed by atoms with Gasteiger partial charge in [-0.3, -0.25) is 4.90 Å². The lowest BCUT2D eigenvalue weighted by Gasteiger charge is -2.37. The van der Waals surface area contributed by atoms with E-state index in [1.807, 2.05) is 0 Å². The molecule has 0 spiro atoms. The largest absolute Gasteiger partial charge is 0.378 e. The molecule has 0 bridgehead atoms. The molecule has 1 atom stereocenters. The molecule has 21 heavy (non-hydrogen) atoms. The highest BCUT2D eigenvalue weighted by molar-refractivity contribution is 5.31. The van der Waals surface area contributed by atoms with Crippen molar-refractivity contribution in [1.29, 1.82) is 0 Å². The van der Waals surface area contributed by atoms with Crippen molar-refractivity contribution < 1.29 is 4.74 Å². The molecule has 1 aromatic rings. The van der Waals surface area contributed by atoms with Crippen LogP contribution in [0.4, 0.5) is 0 Å². The molecule has 1 unspecified atom stereocenters. The monoisotopic (exact) mass is 288 g/mol. The van der Waals surface area contributed by atoms with Crippen molar-refractivity contribution in [3.05, 3.63) is 35.4 Å². The molecule has 2 N–H and O–H groups in total. The second kappa shape index (κ2) is 6.91. The van der Waals surface area contributed by atoms with E-state index >= 15 is 0 Å². The van der Waals surface area contributed by atoms with Crippen LogP contribution in [-0.4, -0.2) is 37.2 Å². The summed E-state index contributed by atoms with van der Waals surface area (Å²) in [5.74, 6) is 0.812. The van der Waals surface area contributed by atoms with Gasteiger partial charge in [0, 0.05) is 32.3 Å². The van der Waals surface area contributed by atoms with Gasteiger partial charge in [0.15, 0.2) is 0 Å². The molecule has 1 heterocycles. The first-order valence-electron chi connectivity index (χ1n) is 8.47. The maximum Gasteiger partial charge on any atom is 0.0599 e. The number of likely N-dealkylation sites (tertiary alicyclic amines) is 1. The van der Waals surface area contributed by atoms with E-state index in [-0.39, 0.29) is 0 Å². The molecule has 3 heteroatoms. The Labute approximate surface area is 128 Å². The van der Waals surface area contributed by atoms with Crippen LogP contribution >= 0.6 is 0 Å². The fourth-order valence-corrected chi connectivity index (χ4v) is 3.52. The summed E-state index contributed by atoms with van der Waals surface area (Å²) in [5.41, 5.74) is 9.01. The lowest BCUT2D eigenvalue weighted by Crippen LogP contribution is -2.41. The van der Waals surface area contributed by atoms with E-state index in [1.54, 1.807) is 0 Å². The van der Waals surface area contributed by atoms with Gasteiger partial charge in [-0.1, -0.05) is 24.3 Å². The third kappa shape index (κ3) is 3.65. The number of benzene rings is 1. The van der Waals surface area contributed by atoms with E-state index in [4.69, 9.17) is 10.5 Å². The average molecular weight is 288 g/mol. The number of rotatable bonds is 6. The van der Waals surface area contributed by atoms with E-state index in [9.17, 15) is 0 Å². The number of nitrogens with zero attached hydrogens (tertiary/aromatic N) is 1. The Bertz CT molecular complexity index is 450. The fraction of sp³-hybridized carbons (Fsp3) is 0.667. The molecule has 0 radical (unpaired) electrons. The van der Waals surface area contributed by atoms with Gasteiger partial charge in [0.2, 0.25) is 0 Å². The molecule has 3 nitrogen and oxygen atoms in total. The van der Waals surface area contributed by atoms with Crippen LogP contribution in [0.3, 0.4) is 0 Å². The van der Waals surface area contributed by atoms with Gasteiger partial charge in [-0.25, -0.2) is 0 Å². The molecule has 1 aliphatic carbocycles. The van der Waals surface area contributed by atoms with Crippen LogP contribution < -0.4 is 5.73 Å². The molecule has 0 amide bonds. The number of nitrogens with two attached hydrogens (primary N) is 1. The highest BCUT2D eigenvalue weighted by Gasteiger charge is 2.27. The molecular formula is C18H28N2O. The Hall–Kier alpha value is -0.900. The average Bonchev–Trinajstić information content (AvgIpc) is 3.35. The molecule has 1 saturated heterocycles. The van der Waals surface area contributed by atoms with Crippen LogP contribution in [0.5, 0.6) is 0 Å². The second-order valence-corrected chi connectivity index (χ2v) is 6.39. The Morgan fingerprint density at radius 1 is 1.24 bits per heavy atom. The topological polar surface area (TPSA) is 38.5 Å². The van der Waals surface area contributed by atoms with Crippen LogP contribution in [0.25, 0.3) is 0 Å². The standard InChI is InChI=1S/C18H28N2O/c1-2-21-17-8-10-20(11-9-17)18(13-19)16-5-3-4-15(12-16)14-6-7-14/h3-5,12,14,17-18H,2,6-11,13,19H2,1H3. The van der Waals surface area contributed by atoms with Crippen molar-refractivity contribution in [2.75, 3.05) is 26.2 Å². The maximum absolute atomic E-state index is 6.10.